The maximum Gasteiger partial charge on any atom is 0.261 e. The van der Waals surface area contributed by atoms with E-state index in [2.05, 4.69) is 10.2 Å². The van der Waals surface area contributed by atoms with Crippen molar-refractivity contribution in [1.82, 2.24) is 9.62 Å². The molecule has 0 bridgehead atoms. The van der Waals surface area contributed by atoms with Gasteiger partial charge in [-0.1, -0.05) is 30.3 Å². The van der Waals surface area contributed by atoms with Crippen molar-refractivity contribution in [3.05, 3.63) is 41.3 Å². The van der Waals surface area contributed by atoms with Crippen molar-refractivity contribution in [3.63, 3.8) is 0 Å². The number of nitrogens with zero attached hydrogens (tertiary/aromatic N) is 2. The molecule has 168 valence electrons. The number of carbonyl (C=O) groups is 1. The molecule has 3 heterocycles. The van der Waals surface area contributed by atoms with Crippen molar-refractivity contribution in [2.24, 2.45) is 0 Å². The summed E-state index contributed by atoms with van der Waals surface area (Å²) in [6, 6.07) is 11.9. The van der Waals surface area contributed by atoms with Gasteiger partial charge in [0, 0.05) is 38.3 Å². The minimum absolute atomic E-state index is 0.0734. The first-order chi connectivity index (χ1) is 15.0. The first-order valence-electron chi connectivity index (χ1n) is 10.4. The van der Waals surface area contributed by atoms with E-state index in [1.807, 2.05) is 36.4 Å². The van der Waals surface area contributed by atoms with Crippen LogP contribution >= 0.6 is 11.3 Å². The third kappa shape index (κ3) is 5.45. The molecule has 31 heavy (non-hydrogen) atoms. The van der Waals surface area contributed by atoms with Crippen LogP contribution in [0.1, 0.15) is 9.67 Å². The number of benzene rings is 1. The first-order valence-corrected chi connectivity index (χ1v) is 12.8. The van der Waals surface area contributed by atoms with Crippen molar-refractivity contribution >= 4 is 32.3 Å². The van der Waals surface area contributed by atoms with Crippen LogP contribution in [0.15, 0.2) is 36.4 Å². The number of morpholine rings is 2. The molecular weight excluding hydrogens is 438 g/mol. The zero-order chi connectivity index (χ0) is 21.7. The van der Waals surface area contributed by atoms with Crippen LogP contribution in [0.4, 0.5) is 5.00 Å². The molecule has 1 aromatic carbocycles. The number of thiophene rings is 1. The average Bonchev–Trinajstić information content (AvgIpc) is 3.26. The maximum absolute atomic E-state index is 12.8. The zero-order valence-electron chi connectivity index (χ0n) is 17.3. The van der Waals surface area contributed by atoms with E-state index in [0.717, 1.165) is 29.2 Å². The first kappa shape index (κ1) is 22.2. The molecule has 10 heteroatoms. The van der Waals surface area contributed by atoms with Gasteiger partial charge in [0.2, 0.25) is 10.0 Å². The van der Waals surface area contributed by atoms with Gasteiger partial charge in [0.05, 0.1) is 42.1 Å². The Morgan fingerprint density at radius 1 is 1.00 bits per heavy atom. The van der Waals surface area contributed by atoms with Gasteiger partial charge in [-0.2, -0.15) is 4.31 Å². The number of hydrogen-bond acceptors (Lipinski definition) is 7. The highest BCUT2D eigenvalue weighted by Crippen LogP contribution is 2.39. The smallest absolute Gasteiger partial charge is 0.261 e. The topological polar surface area (TPSA) is 88.2 Å². The van der Waals surface area contributed by atoms with Gasteiger partial charge in [-0.15, -0.1) is 11.3 Å². The molecule has 8 nitrogen and oxygen atoms in total. The summed E-state index contributed by atoms with van der Waals surface area (Å²) in [6.07, 6.45) is 0. The van der Waals surface area contributed by atoms with Gasteiger partial charge < -0.3 is 19.7 Å². The fourth-order valence-corrected chi connectivity index (χ4v) is 6.13. The van der Waals surface area contributed by atoms with E-state index in [9.17, 15) is 13.2 Å². The second-order valence-corrected chi connectivity index (χ2v) is 10.5. The number of anilines is 1. The van der Waals surface area contributed by atoms with Crippen LogP contribution in [0.2, 0.25) is 0 Å². The summed E-state index contributed by atoms with van der Waals surface area (Å²) in [6.45, 7) is 4.50. The van der Waals surface area contributed by atoms with Crippen molar-refractivity contribution < 1.29 is 22.7 Å². The molecule has 2 fully saturated rings. The number of hydrogen-bond donors (Lipinski definition) is 1. The van der Waals surface area contributed by atoms with Gasteiger partial charge in [-0.3, -0.25) is 4.79 Å². The highest BCUT2D eigenvalue weighted by molar-refractivity contribution is 7.89. The van der Waals surface area contributed by atoms with E-state index >= 15 is 0 Å². The van der Waals surface area contributed by atoms with Crippen molar-refractivity contribution in [1.29, 1.82) is 0 Å². The molecule has 2 aromatic rings. The van der Waals surface area contributed by atoms with Gasteiger partial charge >= 0.3 is 0 Å². The molecule has 4 rings (SSSR count). The van der Waals surface area contributed by atoms with Crippen molar-refractivity contribution in [2.45, 2.75) is 0 Å². The van der Waals surface area contributed by atoms with Gasteiger partial charge in [0.15, 0.2) is 0 Å². The van der Waals surface area contributed by atoms with Gasteiger partial charge in [0.25, 0.3) is 5.91 Å². The summed E-state index contributed by atoms with van der Waals surface area (Å²) in [4.78, 5) is 15.6. The quantitative estimate of drug-likeness (QED) is 0.669. The molecular formula is C21H27N3O5S2. The van der Waals surface area contributed by atoms with Crippen LogP contribution in [0, 0.1) is 0 Å². The molecule has 2 saturated heterocycles. The third-order valence-corrected chi connectivity index (χ3v) is 8.39. The molecule has 1 amide bonds. The lowest BCUT2D eigenvalue weighted by Gasteiger charge is -2.28. The maximum atomic E-state index is 12.8. The zero-order valence-corrected chi connectivity index (χ0v) is 18.9. The predicted octanol–water partition coefficient (Wildman–Crippen LogP) is 1.64. The van der Waals surface area contributed by atoms with Gasteiger partial charge in [-0.05, 0) is 11.6 Å². The minimum Gasteiger partial charge on any atom is -0.379 e. The molecule has 1 N–H and O–H groups in total. The molecule has 0 aliphatic carbocycles. The summed E-state index contributed by atoms with van der Waals surface area (Å²) >= 11 is 1.44. The van der Waals surface area contributed by atoms with Crippen LogP contribution in [0.3, 0.4) is 0 Å². The number of carbonyl (C=O) groups excluding carboxylic acids is 1. The highest BCUT2D eigenvalue weighted by atomic mass is 32.2. The number of nitrogens with one attached hydrogen (secondary N) is 1. The third-order valence-electron chi connectivity index (χ3n) is 5.33. The number of sulfonamides is 1. The van der Waals surface area contributed by atoms with Gasteiger partial charge in [0.1, 0.15) is 0 Å². The fraction of sp³-hybridized carbons (Fsp3) is 0.476. The van der Waals surface area contributed by atoms with E-state index in [1.165, 1.54) is 15.6 Å². The number of ether oxygens (including phenoxy) is 2. The average molecular weight is 466 g/mol. The molecule has 2 aliphatic rings. The van der Waals surface area contributed by atoms with Crippen molar-refractivity contribution in [2.75, 3.05) is 69.8 Å². The summed E-state index contributed by atoms with van der Waals surface area (Å²) in [7, 11) is -3.40. The number of rotatable bonds is 7. The van der Waals surface area contributed by atoms with Crippen LogP contribution in [0.25, 0.3) is 11.1 Å². The standard InChI is InChI=1S/C21H27N3O5S2/c25-20(22-6-15-31(26,27)24-9-13-29-14-10-24)19-16-18(17-4-2-1-3-5-17)21(30-19)23-7-11-28-12-8-23/h1-5,16H,6-15H2,(H,22,25). The molecule has 0 saturated carbocycles. The van der Waals surface area contributed by atoms with Crippen LogP contribution in [-0.2, 0) is 19.5 Å². The SMILES string of the molecule is O=C(NCCS(=O)(=O)N1CCOCC1)c1cc(-c2ccccc2)c(N2CCOCC2)s1. The molecule has 0 atom stereocenters. The Morgan fingerprint density at radius 3 is 2.32 bits per heavy atom. The van der Waals surface area contributed by atoms with Crippen LogP contribution in [-0.4, -0.2) is 83.5 Å². The minimum atomic E-state index is -3.40. The van der Waals surface area contributed by atoms with E-state index in [4.69, 9.17) is 9.47 Å². The lowest BCUT2D eigenvalue weighted by molar-refractivity contribution is 0.0730. The van der Waals surface area contributed by atoms with E-state index in [0.29, 0.717) is 44.4 Å². The second kappa shape index (κ2) is 10.1. The molecule has 0 spiro atoms. The lowest BCUT2D eigenvalue weighted by Crippen LogP contribution is -2.43. The summed E-state index contributed by atoms with van der Waals surface area (Å²) in [5, 5.41) is 3.82. The van der Waals surface area contributed by atoms with E-state index in [-0.39, 0.29) is 18.2 Å². The Balaban J connectivity index is 1.45. The largest absolute Gasteiger partial charge is 0.379 e. The van der Waals surface area contributed by atoms with E-state index in [1.54, 1.807) is 0 Å². The van der Waals surface area contributed by atoms with Crippen LogP contribution in [0.5, 0.6) is 0 Å². The monoisotopic (exact) mass is 465 g/mol. The molecule has 2 aliphatic heterocycles. The Hall–Kier alpha value is -1.98. The van der Waals surface area contributed by atoms with Gasteiger partial charge in [-0.25, -0.2) is 8.42 Å². The summed E-state index contributed by atoms with van der Waals surface area (Å²) in [5.74, 6) is -0.370. The predicted molar refractivity (Wildman–Crippen MR) is 121 cm³/mol. The Kier molecular flexibility index (Phi) is 7.24. The lowest BCUT2D eigenvalue weighted by atomic mass is 10.1. The van der Waals surface area contributed by atoms with Crippen molar-refractivity contribution in [3.8, 4) is 11.1 Å². The number of amides is 1. The Labute approximate surface area is 186 Å². The second-order valence-electron chi connectivity index (χ2n) is 7.38. The Bertz CT molecular complexity index is 982. The summed E-state index contributed by atoms with van der Waals surface area (Å²) < 4.78 is 37.0. The molecule has 0 unspecified atom stereocenters. The van der Waals surface area contributed by atoms with Crippen LogP contribution < -0.4 is 10.2 Å². The normalized spacial score (nSPS) is 18.1. The summed E-state index contributed by atoms with van der Waals surface area (Å²) in [5.41, 5.74) is 2.06. The fourth-order valence-electron chi connectivity index (χ4n) is 3.65. The van der Waals surface area contributed by atoms with E-state index < -0.39 is 10.0 Å². The highest BCUT2D eigenvalue weighted by Gasteiger charge is 2.25. The molecule has 1 aromatic heterocycles. The molecule has 0 radical (unpaired) electrons. The Morgan fingerprint density at radius 2 is 1.65 bits per heavy atom.